The van der Waals surface area contributed by atoms with Crippen LogP contribution in [0.1, 0.15) is 42.0 Å². The number of methoxy groups -OCH3 is 1. The second kappa shape index (κ2) is 11.3. The molecule has 3 aromatic rings. The number of nitrogens with zero attached hydrogens (tertiary/aromatic N) is 1. The molecule has 6 heteroatoms. The maximum absolute atomic E-state index is 12.7. The molecule has 0 saturated carbocycles. The number of carbonyl (C=O) groups excluding carboxylic acids is 1. The van der Waals surface area contributed by atoms with Crippen molar-refractivity contribution in [3.05, 3.63) is 77.6 Å². The highest BCUT2D eigenvalue weighted by Crippen LogP contribution is 2.26. The Balaban J connectivity index is 1.60. The van der Waals surface area contributed by atoms with Crippen LogP contribution in [0, 0.1) is 6.92 Å². The number of benzene rings is 2. The lowest BCUT2D eigenvalue weighted by molar-refractivity contribution is 0.0663. The molecule has 1 heterocycles. The highest BCUT2D eigenvalue weighted by molar-refractivity contribution is 6.05. The first kappa shape index (κ1) is 23.3. The molecule has 0 spiro atoms. The second-order valence-corrected chi connectivity index (χ2v) is 7.58. The Hall–Kier alpha value is -3.38. The summed E-state index contributed by atoms with van der Waals surface area (Å²) >= 11 is 0. The molecular formula is C26H30N2O4. The van der Waals surface area contributed by atoms with Crippen LogP contribution < -0.4 is 14.8 Å². The highest BCUT2D eigenvalue weighted by atomic mass is 16.5. The third kappa shape index (κ3) is 6.56. The largest absolute Gasteiger partial charge is 0.497 e. The monoisotopic (exact) mass is 434 g/mol. The van der Waals surface area contributed by atoms with Crippen LogP contribution in [0.15, 0.2) is 60.7 Å². The van der Waals surface area contributed by atoms with Crippen molar-refractivity contribution in [2.45, 2.75) is 39.7 Å². The molecule has 1 unspecified atom stereocenters. The van der Waals surface area contributed by atoms with E-state index in [1.54, 1.807) is 31.4 Å². The number of ether oxygens (including phenoxy) is 3. The molecule has 0 radical (unpaired) electrons. The van der Waals surface area contributed by atoms with Gasteiger partial charge in [-0.1, -0.05) is 13.0 Å². The molecule has 0 aliphatic heterocycles. The van der Waals surface area contributed by atoms with Gasteiger partial charge in [0, 0.05) is 30.5 Å². The van der Waals surface area contributed by atoms with Crippen molar-refractivity contribution in [2.75, 3.05) is 19.0 Å². The number of anilines is 1. The van der Waals surface area contributed by atoms with Crippen molar-refractivity contribution in [1.29, 1.82) is 0 Å². The number of hydrogen-bond donors (Lipinski definition) is 1. The zero-order chi connectivity index (χ0) is 22.9. The van der Waals surface area contributed by atoms with E-state index in [2.05, 4.69) is 17.2 Å². The minimum Gasteiger partial charge on any atom is -0.497 e. The predicted molar refractivity (Wildman–Crippen MR) is 126 cm³/mol. The Bertz CT molecular complexity index is 1030. The predicted octanol–water partition coefficient (Wildman–Crippen LogP) is 5.80. The molecule has 0 fully saturated rings. The van der Waals surface area contributed by atoms with E-state index in [9.17, 15) is 4.79 Å². The zero-order valence-corrected chi connectivity index (χ0v) is 19.1. The molecule has 1 N–H and O–H groups in total. The topological polar surface area (TPSA) is 69.7 Å². The Labute approximate surface area is 189 Å². The van der Waals surface area contributed by atoms with Crippen LogP contribution in [0.4, 0.5) is 5.69 Å². The molecule has 0 bridgehead atoms. The lowest BCUT2D eigenvalue weighted by Crippen LogP contribution is -2.16. The van der Waals surface area contributed by atoms with E-state index < -0.39 is 0 Å². The lowest BCUT2D eigenvalue weighted by Gasteiger charge is -2.13. The first-order valence-corrected chi connectivity index (χ1v) is 10.8. The van der Waals surface area contributed by atoms with Crippen molar-refractivity contribution < 1.29 is 19.0 Å². The van der Waals surface area contributed by atoms with E-state index in [4.69, 9.17) is 14.2 Å². The zero-order valence-electron chi connectivity index (χ0n) is 19.1. The fourth-order valence-electron chi connectivity index (χ4n) is 3.24. The molecular weight excluding hydrogens is 404 g/mol. The number of amides is 1. The highest BCUT2D eigenvalue weighted by Gasteiger charge is 2.13. The molecule has 32 heavy (non-hydrogen) atoms. The summed E-state index contributed by atoms with van der Waals surface area (Å²) in [4.78, 5) is 17.3. The summed E-state index contributed by atoms with van der Waals surface area (Å²) in [6.07, 6.45) is 1.81. The van der Waals surface area contributed by atoms with Crippen LogP contribution in [-0.2, 0) is 11.2 Å². The van der Waals surface area contributed by atoms with E-state index in [1.807, 2.05) is 50.2 Å². The summed E-state index contributed by atoms with van der Waals surface area (Å²) in [7, 11) is 1.61. The molecule has 3 rings (SSSR count). The third-order valence-corrected chi connectivity index (χ3v) is 4.88. The summed E-state index contributed by atoms with van der Waals surface area (Å²) in [5, 5.41) is 2.92. The average Bonchev–Trinajstić information content (AvgIpc) is 2.79. The maximum Gasteiger partial charge on any atom is 0.257 e. The van der Waals surface area contributed by atoms with Gasteiger partial charge in [-0.15, -0.1) is 0 Å². The number of carbonyl (C=O) groups is 1. The van der Waals surface area contributed by atoms with Crippen LogP contribution in [0.5, 0.6) is 17.2 Å². The van der Waals surface area contributed by atoms with Gasteiger partial charge in [-0.05, 0) is 68.8 Å². The molecule has 168 valence electrons. The van der Waals surface area contributed by atoms with Gasteiger partial charge in [-0.25, -0.2) is 0 Å². The number of rotatable bonds is 10. The Morgan fingerprint density at radius 2 is 1.78 bits per heavy atom. The normalized spacial score (nSPS) is 11.6. The standard InChI is InChI=1S/C26H30N2O4/c1-5-15-31-18(2)16-21-11-14-25(19(3)27-21)26(29)28-20-9-12-22(13-10-20)32-24-8-6-7-23(17-24)30-4/h6-14,17-18H,5,15-16H2,1-4H3,(H,28,29). The van der Waals surface area contributed by atoms with E-state index in [0.29, 0.717) is 28.4 Å². The fraction of sp³-hybridized carbons (Fsp3) is 0.308. The van der Waals surface area contributed by atoms with Crippen molar-refractivity contribution in [1.82, 2.24) is 4.98 Å². The van der Waals surface area contributed by atoms with Crippen molar-refractivity contribution >= 4 is 11.6 Å². The summed E-state index contributed by atoms with van der Waals surface area (Å²) in [5.74, 6) is 1.87. The van der Waals surface area contributed by atoms with Crippen molar-refractivity contribution in [3.63, 3.8) is 0 Å². The van der Waals surface area contributed by atoms with Gasteiger partial charge in [-0.3, -0.25) is 9.78 Å². The molecule has 1 aromatic heterocycles. The van der Waals surface area contributed by atoms with Gasteiger partial charge in [0.05, 0.1) is 24.5 Å². The van der Waals surface area contributed by atoms with Gasteiger partial charge in [0.2, 0.25) is 0 Å². The minimum atomic E-state index is -0.196. The smallest absolute Gasteiger partial charge is 0.257 e. The first-order valence-electron chi connectivity index (χ1n) is 10.8. The number of pyridine rings is 1. The average molecular weight is 435 g/mol. The fourth-order valence-corrected chi connectivity index (χ4v) is 3.24. The van der Waals surface area contributed by atoms with E-state index in [-0.39, 0.29) is 12.0 Å². The SMILES string of the molecule is CCCOC(C)Cc1ccc(C(=O)Nc2ccc(Oc3cccc(OC)c3)cc2)c(C)n1. The maximum atomic E-state index is 12.7. The number of aryl methyl sites for hydroxylation is 1. The minimum absolute atomic E-state index is 0.0965. The number of nitrogens with one attached hydrogen (secondary N) is 1. The summed E-state index contributed by atoms with van der Waals surface area (Å²) in [6, 6.07) is 18.3. The van der Waals surface area contributed by atoms with Gasteiger partial charge < -0.3 is 19.5 Å². The van der Waals surface area contributed by atoms with Crippen LogP contribution in [0.2, 0.25) is 0 Å². The Kier molecular flexibility index (Phi) is 8.22. The van der Waals surface area contributed by atoms with E-state index in [1.165, 1.54) is 0 Å². The quantitative estimate of drug-likeness (QED) is 0.437. The van der Waals surface area contributed by atoms with E-state index in [0.717, 1.165) is 30.9 Å². The second-order valence-electron chi connectivity index (χ2n) is 7.58. The summed E-state index contributed by atoms with van der Waals surface area (Å²) < 4.78 is 16.8. The van der Waals surface area contributed by atoms with Crippen LogP contribution >= 0.6 is 0 Å². The molecule has 1 amide bonds. The number of aromatic nitrogens is 1. The van der Waals surface area contributed by atoms with Crippen LogP contribution in [0.3, 0.4) is 0 Å². The van der Waals surface area contributed by atoms with Crippen molar-refractivity contribution in [2.24, 2.45) is 0 Å². The van der Waals surface area contributed by atoms with E-state index >= 15 is 0 Å². The Morgan fingerprint density at radius 3 is 2.47 bits per heavy atom. The van der Waals surface area contributed by atoms with Gasteiger partial charge in [-0.2, -0.15) is 0 Å². The molecule has 6 nitrogen and oxygen atoms in total. The molecule has 0 aliphatic rings. The summed E-state index contributed by atoms with van der Waals surface area (Å²) in [5.41, 5.74) is 2.84. The molecule has 0 aliphatic carbocycles. The van der Waals surface area contributed by atoms with Crippen LogP contribution in [0.25, 0.3) is 0 Å². The summed E-state index contributed by atoms with van der Waals surface area (Å²) in [6.45, 7) is 6.71. The molecule has 0 saturated heterocycles. The first-order chi connectivity index (χ1) is 15.5. The molecule has 1 atom stereocenters. The van der Waals surface area contributed by atoms with Crippen molar-refractivity contribution in [3.8, 4) is 17.2 Å². The Morgan fingerprint density at radius 1 is 1.03 bits per heavy atom. The lowest BCUT2D eigenvalue weighted by atomic mass is 10.1. The van der Waals surface area contributed by atoms with Crippen LogP contribution in [-0.4, -0.2) is 30.7 Å². The van der Waals surface area contributed by atoms with Gasteiger partial charge in [0.15, 0.2) is 0 Å². The third-order valence-electron chi connectivity index (χ3n) is 4.88. The van der Waals surface area contributed by atoms with Gasteiger partial charge in [0.25, 0.3) is 5.91 Å². The number of hydrogen-bond acceptors (Lipinski definition) is 5. The van der Waals surface area contributed by atoms with Gasteiger partial charge >= 0.3 is 0 Å². The van der Waals surface area contributed by atoms with Gasteiger partial charge in [0.1, 0.15) is 17.2 Å². The molecule has 2 aromatic carbocycles.